The summed E-state index contributed by atoms with van der Waals surface area (Å²) in [6, 6.07) is 0. The molecule has 0 bridgehead atoms. The molecule has 1 rings (SSSR count). The van der Waals surface area contributed by atoms with E-state index in [0.29, 0.717) is 0 Å². The Hall–Kier alpha value is -0.630. The third-order valence-electron chi connectivity index (χ3n) is 1.65. The lowest BCUT2D eigenvalue weighted by Crippen LogP contribution is -1.93. The van der Waals surface area contributed by atoms with Crippen molar-refractivity contribution in [2.45, 2.75) is 31.5 Å². The molecule has 0 amide bonds. The first kappa shape index (κ1) is 7.48. The molecule has 1 saturated heterocycles. The van der Waals surface area contributed by atoms with Crippen molar-refractivity contribution in [2.24, 2.45) is 0 Å². The van der Waals surface area contributed by atoms with E-state index in [1.807, 2.05) is 6.08 Å². The third-order valence-corrected chi connectivity index (χ3v) is 1.65. The molecule has 2 atom stereocenters. The zero-order chi connectivity index (χ0) is 7.40. The van der Waals surface area contributed by atoms with Gasteiger partial charge in [0.05, 0.1) is 6.10 Å². The van der Waals surface area contributed by atoms with Gasteiger partial charge < -0.3 is 9.53 Å². The Morgan fingerprint density at radius 1 is 1.60 bits per heavy atom. The number of aldehydes is 1. The Labute approximate surface area is 60.9 Å². The molecule has 56 valence electrons. The molecule has 10 heavy (non-hydrogen) atoms. The second-order valence-electron chi connectivity index (χ2n) is 2.49. The zero-order valence-electron chi connectivity index (χ0n) is 5.95. The second kappa shape index (κ2) is 3.52. The van der Waals surface area contributed by atoms with Crippen molar-refractivity contribution in [3.63, 3.8) is 0 Å². The molecule has 0 spiro atoms. The maximum Gasteiger partial charge on any atom is 0.151 e. The van der Waals surface area contributed by atoms with Crippen molar-refractivity contribution < 1.29 is 9.53 Å². The van der Waals surface area contributed by atoms with Crippen molar-refractivity contribution in [1.82, 2.24) is 0 Å². The normalized spacial score (nSPS) is 29.6. The average molecular weight is 140 g/mol. The highest BCUT2D eigenvalue weighted by molar-refractivity contribution is 5.60. The van der Waals surface area contributed by atoms with Crippen LogP contribution in [-0.2, 0) is 9.53 Å². The highest BCUT2D eigenvalue weighted by Gasteiger charge is 2.37. The van der Waals surface area contributed by atoms with Crippen LogP contribution in [0.25, 0.3) is 0 Å². The first-order valence-electron chi connectivity index (χ1n) is 3.60. The maximum atomic E-state index is 10.1. The molecule has 0 saturated carbocycles. The quantitative estimate of drug-likeness (QED) is 0.249. The lowest BCUT2D eigenvalue weighted by Gasteiger charge is -1.88. The number of unbranched alkanes of at least 4 members (excludes halogenated alkanes) is 1. The van der Waals surface area contributed by atoms with Gasteiger partial charge in [-0.3, -0.25) is 0 Å². The van der Waals surface area contributed by atoms with Gasteiger partial charge in [-0.15, -0.1) is 6.58 Å². The third kappa shape index (κ3) is 1.95. The predicted octanol–water partition coefficient (Wildman–Crippen LogP) is 1.31. The Balaban J connectivity index is 1.96. The van der Waals surface area contributed by atoms with Crippen molar-refractivity contribution in [3.05, 3.63) is 12.7 Å². The molecule has 1 heterocycles. The van der Waals surface area contributed by atoms with E-state index < -0.39 is 0 Å². The van der Waals surface area contributed by atoms with Crippen LogP contribution in [0.3, 0.4) is 0 Å². The van der Waals surface area contributed by atoms with Crippen LogP contribution in [0.1, 0.15) is 19.3 Å². The van der Waals surface area contributed by atoms with E-state index in [-0.39, 0.29) is 12.2 Å². The van der Waals surface area contributed by atoms with Gasteiger partial charge in [-0.2, -0.15) is 0 Å². The van der Waals surface area contributed by atoms with E-state index in [9.17, 15) is 4.79 Å². The summed E-state index contributed by atoms with van der Waals surface area (Å²) in [7, 11) is 0. The fourth-order valence-electron chi connectivity index (χ4n) is 0.972. The lowest BCUT2D eigenvalue weighted by molar-refractivity contribution is -0.108. The summed E-state index contributed by atoms with van der Waals surface area (Å²) in [4.78, 5) is 10.1. The van der Waals surface area contributed by atoms with Crippen molar-refractivity contribution in [3.8, 4) is 0 Å². The number of carbonyl (C=O) groups is 1. The molecular weight excluding hydrogens is 128 g/mol. The van der Waals surface area contributed by atoms with E-state index in [0.717, 1.165) is 25.5 Å². The Bertz CT molecular complexity index is 131. The number of hydrogen-bond donors (Lipinski definition) is 0. The van der Waals surface area contributed by atoms with E-state index in [1.54, 1.807) is 0 Å². The van der Waals surface area contributed by atoms with Crippen LogP contribution in [0, 0.1) is 0 Å². The monoisotopic (exact) mass is 140 g/mol. The standard InChI is InChI=1S/C8H12O2/c1-2-3-4-5-7-8(6-9)10-7/h2,6-8H,1,3-5H2/t7-,8-/m1/s1. The van der Waals surface area contributed by atoms with Gasteiger partial charge in [-0.05, 0) is 19.3 Å². The summed E-state index contributed by atoms with van der Waals surface area (Å²) in [6.07, 6.45) is 5.98. The zero-order valence-corrected chi connectivity index (χ0v) is 5.95. The predicted molar refractivity (Wildman–Crippen MR) is 38.8 cm³/mol. The van der Waals surface area contributed by atoms with Crippen LogP contribution in [0.4, 0.5) is 0 Å². The van der Waals surface area contributed by atoms with Gasteiger partial charge in [0.25, 0.3) is 0 Å². The molecular formula is C8H12O2. The van der Waals surface area contributed by atoms with E-state index in [2.05, 4.69) is 6.58 Å². The van der Waals surface area contributed by atoms with Crippen LogP contribution >= 0.6 is 0 Å². The topological polar surface area (TPSA) is 29.6 Å². The number of allylic oxidation sites excluding steroid dienone is 1. The fourth-order valence-corrected chi connectivity index (χ4v) is 0.972. The molecule has 0 aliphatic carbocycles. The number of ether oxygens (including phenoxy) is 1. The Morgan fingerprint density at radius 2 is 2.40 bits per heavy atom. The largest absolute Gasteiger partial charge is 0.362 e. The summed E-state index contributed by atoms with van der Waals surface area (Å²) < 4.78 is 5.01. The number of hydrogen-bond acceptors (Lipinski definition) is 2. The highest BCUT2D eigenvalue weighted by Crippen LogP contribution is 2.24. The van der Waals surface area contributed by atoms with Gasteiger partial charge in [0.15, 0.2) is 6.29 Å². The van der Waals surface area contributed by atoms with Gasteiger partial charge in [0.1, 0.15) is 6.10 Å². The highest BCUT2D eigenvalue weighted by atomic mass is 16.6. The maximum absolute atomic E-state index is 10.1. The van der Waals surface area contributed by atoms with Gasteiger partial charge in [-0.1, -0.05) is 6.08 Å². The number of carbonyl (C=O) groups excluding carboxylic acids is 1. The van der Waals surface area contributed by atoms with Crippen LogP contribution in [0.5, 0.6) is 0 Å². The van der Waals surface area contributed by atoms with Crippen LogP contribution in [-0.4, -0.2) is 18.5 Å². The summed E-state index contributed by atoms with van der Waals surface area (Å²) in [5.41, 5.74) is 0. The van der Waals surface area contributed by atoms with Crippen molar-refractivity contribution >= 4 is 6.29 Å². The van der Waals surface area contributed by atoms with Crippen LogP contribution < -0.4 is 0 Å². The van der Waals surface area contributed by atoms with Crippen LogP contribution in [0.2, 0.25) is 0 Å². The molecule has 0 N–H and O–H groups in total. The molecule has 0 aromatic rings. The van der Waals surface area contributed by atoms with Gasteiger partial charge in [-0.25, -0.2) is 0 Å². The molecule has 2 heteroatoms. The van der Waals surface area contributed by atoms with Gasteiger partial charge in [0, 0.05) is 0 Å². The van der Waals surface area contributed by atoms with Crippen LogP contribution in [0.15, 0.2) is 12.7 Å². The number of rotatable bonds is 5. The first-order valence-corrected chi connectivity index (χ1v) is 3.60. The molecule has 1 aliphatic rings. The molecule has 1 aliphatic heterocycles. The summed E-state index contributed by atoms with van der Waals surface area (Å²) in [5.74, 6) is 0. The van der Waals surface area contributed by atoms with Gasteiger partial charge >= 0.3 is 0 Å². The first-order chi connectivity index (χ1) is 4.88. The average Bonchev–Trinajstić information content (AvgIpc) is 2.68. The summed E-state index contributed by atoms with van der Waals surface area (Å²) >= 11 is 0. The lowest BCUT2D eigenvalue weighted by atomic mass is 10.1. The second-order valence-corrected chi connectivity index (χ2v) is 2.49. The molecule has 0 unspecified atom stereocenters. The SMILES string of the molecule is C=CCCC[C@H]1O[C@@H]1C=O. The van der Waals surface area contributed by atoms with E-state index in [4.69, 9.17) is 4.74 Å². The van der Waals surface area contributed by atoms with Gasteiger partial charge in [0.2, 0.25) is 0 Å². The van der Waals surface area contributed by atoms with E-state index >= 15 is 0 Å². The van der Waals surface area contributed by atoms with Crippen molar-refractivity contribution in [1.29, 1.82) is 0 Å². The molecule has 0 radical (unpaired) electrons. The molecule has 0 aromatic heterocycles. The minimum absolute atomic E-state index is 0.0928. The van der Waals surface area contributed by atoms with E-state index in [1.165, 1.54) is 0 Å². The minimum atomic E-state index is -0.0928. The summed E-state index contributed by atoms with van der Waals surface area (Å²) in [5, 5.41) is 0. The van der Waals surface area contributed by atoms with Crippen molar-refractivity contribution in [2.75, 3.05) is 0 Å². The molecule has 2 nitrogen and oxygen atoms in total. The fraction of sp³-hybridized carbons (Fsp3) is 0.625. The minimum Gasteiger partial charge on any atom is -0.362 e. The number of epoxide rings is 1. The Morgan fingerprint density at radius 3 is 2.90 bits per heavy atom. The Kier molecular flexibility index (Phi) is 2.63. The smallest absolute Gasteiger partial charge is 0.151 e. The summed E-state index contributed by atoms with van der Waals surface area (Å²) in [6.45, 7) is 3.61. The molecule has 0 aromatic carbocycles. The molecule has 1 fully saturated rings.